The highest BCUT2D eigenvalue weighted by Crippen LogP contribution is 2.40. The van der Waals surface area contributed by atoms with Crippen LogP contribution in [0.3, 0.4) is 0 Å². The van der Waals surface area contributed by atoms with E-state index in [9.17, 15) is 19.0 Å². The van der Waals surface area contributed by atoms with E-state index in [0.717, 1.165) is 31.5 Å². The van der Waals surface area contributed by atoms with Crippen LogP contribution in [0, 0.1) is 23.5 Å². The summed E-state index contributed by atoms with van der Waals surface area (Å²) in [6.45, 7) is 2.23. The molecule has 4 rings (SSSR count). The Kier molecular flexibility index (Phi) is 5.02. The van der Waals surface area contributed by atoms with Crippen molar-refractivity contribution < 1.29 is 23.7 Å². The summed E-state index contributed by atoms with van der Waals surface area (Å²) in [7, 11) is 0. The molecule has 0 radical (unpaired) electrons. The van der Waals surface area contributed by atoms with Crippen molar-refractivity contribution in [2.75, 3.05) is 19.6 Å². The van der Waals surface area contributed by atoms with Gasteiger partial charge in [0.15, 0.2) is 17.4 Å². The number of halogens is 2. The molecule has 0 aromatic heterocycles. The van der Waals surface area contributed by atoms with Crippen LogP contribution in [0.5, 0.6) is 11.5 Å². The second kappa shape index (κ2) is 7.44. The molecule has 0 spiro atoms. The molecule has 1 unspecified atom stereocenters. The fourth-order valence-electron chi connectivity index (χ4n) is 4.40. The smallest absolute Gasteiger partial charge is 0.191 e. The molecule has 2 aliphatic rings. The van der Waals surface area contributed by atoms with Crippen molar-refractivity contribution in [1.29, 1.82) is 0 Å². The molecular formula is C21H23F2NO3. The predicted molar refractivity (Wildman–Crippen MR) is 96.5 cm³/mol. The van der Waals surface area contributed by atoms with Gasteiger partial charge >= 0.3 is 0 Å². The number of hydrogen-bond donors (Lipinski definition) is 2. The third kappa shape index (κ3) is 3.92. The zero-order valence-electron chi connectivity index (χ0n) is 14.9. The van der Waals surface area contributed by atoms with Gasteiger partial charge in [-0.1, -0.05) is 18.2 Å². The fraction of sp³-hybridized carbons (Fsp3) is 0.429. The lowest BCUT2D eigenvalue weighted by Crippen LogP contribution is -2.29. The van der Waals surface area contributed by atoms with Crippen molar-refractivity contribution >= 4 is 0 Å². The number of hydrogen-bond acceptors (Lipinski definition) is 4. The number of aliphatic hydroxyl groups is 1. The number of β-amino-alcohol motifs (C(OH)–C–C–N with tert-alkyl or cyclic N) is 1. The van der Waals surface area contributed by atoms with Gasteiger partial charge < -0.3 is 14.9 Å². The second-order valence-corrected chi connectivity index (χ2v) is 7.61. The molecule has 1 aliphatic carbocycles. The summed E-state index contributed by atoms with van der Waals surface area (Å²) in [6, 6.07) is 10.3. The third-order valence-electron chi connectivity index (χ3n) is 5.70. The van der Waals surface area contributed by atoms with E-state index < -0.39 is 17.7 Å². The first kappa shape index (κ1) is 18.2. The van der Waals surface area contributed by atoms with Gasteiger partial charge in [-0.15, -0.1) is 0 Å². The average Bonchev–Trinajstić information content (AvgIpc) is 3.16. The van der Waals surface area contributed by atoms with Crippen LogP contribution in [0.25, 0.3) is 0 Å². The van der Waals surface area contributed by atoms with Crippen LogP contribution < -0.4 is 4.74 Å². The van der Waals surface area contributed by atoms with E-state index in [2.05, 4.69) is 4.90 Å². The van der Waals surface area contributed by atoms with Crippen molar-refractivity contribution in [1.82, 2.24) is 4.90 Å². The number of rotatable bonds is 5. The summed E-state index contributed by atoms with van der Waals surface area (Å²) < 4.78 is 33.2. The molecule has 4 nitrogen and oxygen atoms in total. The largest absolute Gasteiger partial charge is 0.508 e. The summed E-state index contributed by atoms with van der Waals surface area (Å²) in [4.78, 5) is 2.23. The minimum absolute atomic E-state index is 0.171. The van der Waals surface area contributed by atoms with E-state index in [0.29, 0.717) is 18.4 Å². The number of benzene rings is 2. The molecule has 2 N–H and O–H groups in total. The van der Waals surface area contributed by atoms with Crippen molar-refractivity contribution in [3.8, 4) is 11.5 Å². The van der Waals surface area contributed by atoms with Crippen molar-refractivity contribution in [2.24, 2.45) is 11.8 Å². The highest BCUT2D eigenvalue weighted by atomic mass is 19.1. The average molecular weight is 375 g/mol. The molecule has 144 valence electrons. The lowest BCUT2D eigenvalue weighted by atomic mass is 10.0. The number of aromatic hydroxyl groups is 1. The number of phenolic OH excluding ortho intramolecular Hbond substituents is 1. The van der Waals surface area contributed by atoms with Crippen molar-refractivity contribution in [2.45, 2.75) is 25.0 Å². The Bertz CT molecular complexity index is 764. The van der Waals surface area contributed by atoms with Crippen LogP contribution in [0.1, 0.15) is 24.5 Å². The van der Waals surface area contributed by atoms with Crippen LogP contribution >= 0.6 is 0 Å². The lowest BCUT2D eigenvalue weighted by Gasteiger charge is -2.22. The molecule has 6 heteroatoms. The van der Waals surface area contributed by atoms with E-state index in [-0.39, 0.29) is 17.6 Å². The van der Waals surface area contributed by atoms with Gasteiger partial charge in [0.1, 0.15) is 5.75 Å². The maximum atomic E-state index is 13.8. The molecule has 1 saturated heterocycles. The molecule has 2 fully saturated rings. The molecule has 1 saturated carbocycles. The molecule has 0 bridgehead atoms. The normalized spacial score (nSPS) is 26.1. The number of nitrogens with zero attached hydrogens (tertiary/aromatic N) is 1. The summed E-state index contributed by atoms with van der Waals surface area (Å²) in [6.07, 6.45) is 0.758. The maximum absolute atomic E-state index is 13.8. The molecule has 27 heavy (non-hydrogen) atoms. The minimum Gasteiger partial charge on any atom is -0.508 e. The first-order valence-electron chi connectivity index (χ1n) is 9.29. The van der Waals surface area contributed by atoms with Gasteiger partial charge in [0.2, 0.25) is 0 Å². The van der Waals surface area contributed by atoms with Crippen LogP contribution in [-0.2, 0) is 0 Å². The Balaban J connectivity index is 1.31. The molecular weight excluding hydrogens is 352 g/mol. The molecule has 1 aliphatic heterocycles. The highest BCUT2D eigenvalue weighted by Gasteiger charge is 2.42. The Labute approximate surface area is 157 Å². The summed E-state index contributed by atoms with van der Waals surface area (Å²) in [5.74, 6) is -0.591. The van der Waals surface area contributed by atoms with Gasteiger partial charge in [-0.05, 0) is 54.5 Å². The Morgan fingerprint density at radius 1 is 1.00 bits per heavy atom. The quantitative estimate of drug-likeness (QED) is 0.840. The number of fused-ring (bicyclic) bond motifs is 1. The zero-order valence-corrected chi connectivity index (χ0v) is 14.9. The predicted octanol–water partition coefficient (Wildman–Crippen LogP) is 3.49. The van der Waals surface area contributed by atoms with Crippen LogP contribution in [0.15, 0.2) is 42.5 Å². The van der Waals surface area contributed by atoms with E-state index in [4.69, 9.17) is 4.74 Å². The number of ether oxygens (including phenoxy) is 1. The van der Waals surface area contributed by atoms with Crippen LogP contribution in [0.4, 0.5) is 8.78 Å². The van der Waals surface area contributed by atoms with Gasteiger partial charge in [0.25, 0.3) is 0 Å². The van der Waals surface area contributed by atoms with E-state index in [1.54, 1.807) is 24.3 Å². The van der Waals surface area contributed by atoms with Crippen LogP contribution in [-0.4, -0.2) is 40.9 Å². The molecule has 4 atom stereocenters. The van der Waals surface area contributed by atoms with E-state index in [1.165, 1.54) is 18.2 Å². The van der Waals surface area contributed by atoms with Gasteiger partial charge in [-0.25, -0.2) is 8.78 Å². The van der Waals surface area contributed by atoms with Gasteiger partial charge in [0, 0.05) is 19.6 Å². The topological polar surface area (TPSA) is 52.9 Å². The summed E-state index contributed by atoms with van der Waals surface area (Å²) in [5.41, 5.74) is 0.779. The second-order valence-electron chi connectivity index (χ2n) is 7.61. The van der Waals surface area contributed by atoms with Crippen molar-refractivity contribution in [3.63, 3.8) is 0 Å². The molecule has 1 heterocycles. The van der Waals surface area contributed by atoms with Gasteiger partial charge in [-0.2, -0.15) is 0 Å². The first-order valence-corrected chi connectivity index (χ1v) is 9.29. The van der Waals surface area contributed by atoms with Gasteiger partial charge in [0.05, 0.1) is 12.2 Å². The molecule has 0 amide bonds. The highest BCUT2D eigenvalue weighted by molar-refractivity contribution is 5.28. The molecule has 2 aromatic carbocycles. The summed E-state index contributed by atoms with van der Waals surface area (Å²) in [5, 5.41) is 19.8. The Morgan fingerprint density at radius 2 is 1.59 bits per heavy atom. The fourth-order valence-corrected chi connectivity index (χ4v) is 4.40. The number of likely N-dealkylation sites (tertiary alicyclic amines) is 1. The maximum Gasteiger partial charge on any atom is 0.191 e. The first-order chi connectivity index (χ1) is 13.0. The minimum atomic E-state index is -0.661. The van der Waals surface area contributed by atoms with Gasteiger partial charge in [-0.3, -0.25) is 4.90 Å². The zero-order chi connectivity index (χ0) is 19.0. The SMILES string of the molecule is Oc1ccc(C(O)CN2C[C@H]3C[C@H](Oc4c(F)cccc4F)C[C@H]3C2)cc1. The summed E-state index contributed by atoms with van der Waals surface area (Å²) >= 11 is 0. The number of aliphatic hydroxyl groups excluding tert-OH is 1. The van der Waals surface area contributed by atoms with E-state index >= 15 is 0 Å². The van der Waals surface area contributed by atoms with E-state index in [1.807, 2.05) is 0 Å². The van der Waals surface area contributed by atoms with Crippen molar-refractivity contribution in [3.05, 3.63) is 59.7 Å². The third-order valence-corrected chi connectivity index (χ3v) is 5.70. The Hall–Kier alpha value is -2.18. The molecule has 2 aromatic rings. The monoisotopic (exact) mass is 375 g/mol. The standard InChI is InChI=1S/C21H23F2NO3/c22-18-2-1-3-19(23)21(18)27-17-8-14-10-24(11-15(14)9-17)12-20(26)13-4-6-16(25)7-5-13/h1-7,14-15,17,20,25-26H,8-12H2/t14-,15+,17+,20?. The lowest BCUT2D eigenvalue weighted by molar-refractivity contribution is 0.115. The van der Waals surface area contributed by atoms with Crippen LogP contribution in [0.2, 0.25) is 0 Å². The Morgan fingerprint density at radius 3 is 2.19 bits per heavy atom. The number of phenols is 1. The number of para-hydroxylation sites is 1.